The summed E-state index contributed by atoms with van der Waals surface area (Å²) in [5.41, 5.74) is 9.35. The van der Waals surface area contributed by atoms with Crippen LogP contribution in [0.15, 0.2) is 24.3 Å². The Kier molecular flexibility index (Phi) is 5.00. The van der Waals surface area contributed by atoms with Crippen molar-refractivity contribution in [3.63, 3.8) is 0 Å². The number of aryl methyl sites for hydroxylation is 1. The van der Waals surface area contributed by atoms with Crippen molar-refractivity contribution in [3.8, 4) is 0 Å². The Labute approximate surface area is 118 Å². The second-order valence-corrected chi connectivity index (χ2v) is 5.93. The summed E-state index contributed by atoms with van der Waals surface area (Å²) in [6.45, 7) is 9.15. The van der Waals surface area contributed by atoms with Crippen LogP contribution in [-0.2, 0) is 6.42 Å². The van der Waals surface area contributed by atoms with Crippen molar-refractivity contribution in [1.29, 1.82) is 0 Å². The molecule has 106 valence electrons. The molecule has 0 bridgehead atoms. The molecule has 1 aliphatic carbocycles. The summed E-state index contributed by atoms with van der Waals surface area (Å²) in [4.78, 5) is 2.59. The molecule has 2 rings (SSSR count). The summed E-state index contributed by atoms with van der Waals surface area (Å²) in [6, 6.07) is 9.37. The molecule has 0 aromatic heterocycles. The summed E-state index contributed by atoms with van der Waals surface area (Å²) in [5.74, 6) is 0.754. The minimum Gasteiger partial charge on any atom is -0.323 e. The zero-order chi connectivity index (χ0) is 13.8. The number of fused-ring (bicyclic) bond motifs is 1. The van der Waals surface area contributed by atoms with Gasteiger partial charge in [-0.15, -0.1) is 0 Å². The predicted molar refractivity (Wildman–Crippen MR) is 82.2 cm³/mol. The number of likely N-dealkylation sites (N-methyl/N-ethyl adjacent to an activating group) is 1. The lowest BCUT2D eigenvalue weighted by atomic mass is 9.83. The van der Waals surface area contributed by atoms with Crippen molar-refractivity contribution >= 4 is 0 Å². The zero-order valence-corrected chi connectivity index (χ0v) is 12.6. The van der Waals surface area contributed by atoms with Crippen LogP contribution in [-0.4, -0.2) is 24.0 Å². The zero-order valence-electron chi connectivity index (χ0n) is 12.6. The standard InChI is InChI=1S/C17H28N2/c1-4-13(3)12-19(5-2)16-11-10-14-8-6-7-9-15(14)17(16)18/h6-9,13,16-17H,4-5,10-12,18H2,1-3H3. The van der Waals surface area contributed by atoms with Crippen molar-refractivity contribution in [1.82, 2.24) is 4.90 Å². The van der Waals surface area contributed by atoms with Crippen LogP contribution >= 0.6 is 0 Å². The van der Waals surface area contributed by atoms with Gasteiger partial charge in [-0.05, 0) is 36.4 Å². The topological polar surface area (TPSA) is 29.3 Å². The van der Waals surface area contributed by atoms with Crippen molar-refractivity contribution < 1.29 is 0 Å². The molecule has 0 amide bonds. The molecule has 2 nitrogen and oxygen atoms in total. The van der Waals surface area contributed by atoms with Crippen LogP contribution in [0.25, 0.3) is 0 Å². The van der Waals surface area contributed by atoms with Gasteiger partial charge in [-0.3, -0.25) is 4.90 Å². The molecular weight excluding hydrogens is 232 g/mol. The second-order valence-electron chi connectivity index (χ2n) is 5.93. The summed E-state index contributed by atoms with van der Waals surface area (Å²) in [7, 11) is 0. The Bertz CT molecular complexity index is 402. The van der Waals surface area contributed by atoms with E-state index in [4.69, 9.17) is 5.73 Å². The largest absolute Gasteiger partial charge is 0.323 e. The van der Waals surface area contributed by atoms with Gasteiger partial charge in [0.2, 0.25) is 0 Å². The van der Waals surface area contributed by atoms with E-state index in [1.54, 1.807) is 0 Å². The van der Waals surface area contributed by atoms with E-state index in [0.717, 1.165) is 12.5 Å². The molecule has 0 radical (unpaired) electrons. The van der Waals surface area contributed by atoms with Gasteiger partial charge in [0.05, 0.1) is 0 Å². The fraction of sp³-hybridized carbons (Fsp3) is 0.647. The third kappa shape index (κ3) is 3.18. The maximum atomic E-state index is 6.54. The molecule has 1 aromatic carbocycles. The first-order chi connectivity index (χ1) is 9.17. The third-order valence-electron chi connectivity index (χ3n) is 4.66. The molecule has 0 fully saturated rings. The molecule has 0 aliphatic heterocycles. The molecule has 19 heavy (non-hydrogen) atoms. The van der Waals surface area contributed by atoms with E-state index in [1.807, 2.05) is 0 Å². The first kappa shape index (κ1) is 14.5. The van der Waals surface area contributed by atoms with Gasteiger partial charge >= 0.3 is 0 Å². The van der Waals surface area contributed by atoms with Crippen LogP contribution < -0.4 is 5.73 Å². The smallest absolute Gasteiger partial charge is 0.0455 e. The van der Waals surface area contributed by atoms with Gasteiger partial charge < -0.3 is 5.73 Å². The lowest BCUT2D eigenvalue weighted by molar-refractivity contribution is 0.141. The van der Waals surface area contributed by atoms with Crippen LogP contribution in [0.1, 0.15) is 50.8 Å². The van der Waals surface area contributed by atoms with E-state index >= 15 is 0 Å². The van der Waals surface area contributed by atoms with Gasteiger partial charge in [0.25, 0.3) is 0 Å². The van der Waals surface area contributed by atoms with Crippen LogP contribution in [0, 0.1) is 5.92 Å². The quantitative estimate of drug-likeness (QED) is 0.879. The Morgan fingerprint density at radius 1 is 1.32 bits per heavy atom. The van der Waals surface area contributed by atoms with Crippen LogP contribution in [0.5, 0.6) is 0 Å². The number of hydrogen-bond donors (Lipinski definition) is 1. The second kappa shape index (κ2) is 6.53. The normalized spacial score (nSPS) is 24.3. The predicted octanol–water partition coefficient (Wildman–Crippen LogP) is 3.37. The Morgan fingerprint density at radius 2 is 2.05 bits per heavy atom. The van der Waals surface area contributed by atoms with Gasteiger partial charge in [0, 0.05) is 18.6 Å². The molecule has 2 heteroatoms. The number of benzene rings is 1. The van der Waals surface area contributed by atoms with Gasteiger partial charge in [0.1, 0.15) is 0 Å². The fourth-order valence-electron chi connectivity index (χ4n) is 3.22. The lowest BCUT2D eigenvalue weighted by Gasteiger charge is -2.40. The number of nitrogens with two attached hydrogens (primary N) is 1. The van der Waals surface area contributed by atoms with Gasteiger partial charge in [-0.25, -0.2) is 0 Å². The molecule has 0 saturated carbocycles. The molecule has 0 saturated heterocycles. The monoisotopic (exact) mass is 260 g/mol. The van der Waals surface area contributed by atoms with E-state index in [2.05, 4.69) is 49.9 Å². The maximum absolute atomic E-state index is 6.54. The van der Waals surface area contributed by atoms with Crippen LogP contribution in [0.3, 0.4) is 0 Å². The first-order valence-corrected chi connectivity index (χ1v) is 7.74. The van der Waals surface area contributed by atoms with Crippen LogP contribution in [0.4, 0.5) is 0 Å². The highest BCUT2D eigenvalue weighted by Gasteiger charge is 2.30. The molecule has 1 aromatic rings. The molecular formula is C17H28N2. The Morgan fingerprint density at radius 3 is 2.74 bits per heavy atom. The molecule has 0 heterocycles. The van der Waals surface area contributed by atoms with Gasteiger partial charge in [0.15, 0.2) is 0 Å². The lowest BCUT2D eigenvalue weighted by Crippen LogP contribution is -2.46. The minimum atomic E-state index is 0.175. The molecule has 1 aliphatic rings. The SMILES string of the molecule is CCC(C)CN(CC)C1CCc2ccccc2C1N. The molecule has 0 spiro atoms. The van der Waals surface area contributed by atoms with Gasteiger partial charge in [-0.2, -0.15) is 0 Å². The highest BCUT2D eigenvalue weighted by molar-refractivity contribution is 5.33. The Balaban J connectivity index is 2.13. The average Bonchev–Trinajstić information content (AvgIpc) is 2.45. The van der Waals surface area contributed by atoms with E-state index < -0.39 is 0 Å². The van der Waals surface area contributed by atoms with Gasteiger partial charge in [-0.1, -0.05) is 51.5 Å². The molecule has 3 unspecified atom stereocenters. The minimum absolute atomic E-state index is 0.175. The highest BCUT2D eigenvalue weighted by atomic mass is 15.2. The summed E-state index contributed by atoms with van der Waals surface area (Å²) >= 11 is 0. The van der Waals surface area contributed by atoms with E-state index in [-0.39, 0.29) is 6.04 Å². The van der Waals surface area contributed by atoms with Crippen molar-refractivity contribution in [2.75, 3.05) is 13.1 Å². The summed E-state index contributed by atoms with van der Waals surface area (Å²) in [6.07, 6.45) is 3.61. The highest BCUT2D eigenvalue weighted by Crippen LogP contribution is 2.31. The Hall–Kier alpha value is -0.860. The van der Waals surface area contributed by atoms with Crippen LogP contribution in [0.2, 0.25) is 0 Å². The van der Waals surface area contributed by atoms with Crippen molar-refractivity contribution in [3.05, 3.63) is 35.4 Å². The van der Waals surface area contributed by atoms with Crippen molar-refractivity contribution in [2.24, 2.45) is 11.7 Å². The maximum Gasteiger partial charge on any atom is 0.0455 e. The number of hydrogen-bond acceptors (Lipinski definition) is 2. The molecule has 2 N–H and O–H groups in total. The van der Waals surface area contributed by atoms with E-state index in [1.165, 1.54) is 36.9 Å². The molecule has 3 atom stereocenters. The summed E-state index contributed by atoms with van der Waals surface area (Å²) < 4.78 is 0. The summed E-state index contributed by atoms with van der Waals surface area (Å²) in [5, 5.41) is 0. The third-order valence-corrected chi connectivity index (χ3v) is 4.66. The van der Waals surface area contributed by atoms with E-state index in [0.29, 0.717) is 6.04 Å². The average molecular weight is 260 g/mol. The number of rotatable bonds is 5. The first-order valence-electron chi connectivity index (χ1n) is 7.74. The van der Waals surface area contributed by atoms with Crippen molar-refractivity contribution in [2.45, 2.75) is 52.1 Å². The fourth-order valence-corrected chi connectivity index (χ4v) is 3.22. The van der Waals surface area contributed by atoms with E-state index in [9.17, 15) is 0 Å². The number of nitrogens with zero attached hydrogens (tertiary/aromatic N) is 1.